The molecule has 0 aromatic carbocycles. The lowest BCUT2D eigenvalue weighted by Gasteiger charge is -2.21. The Kier molecular flexibility index (Phi) is 73.1. The largest absolute Gasteiger partial charge is 0.472 e. The van der Waals surface area contributed by atoms with Crippen LogP contribution in [0.1, 0.15) is 374 Å². The maximum absolute atomic E-state index is 13.1. The number of aliphatic hydroxyl groups excluding tert-OH is 1. The van der Waals surface area contributed by atoms with Crippen LogP contribution < -0.4 is 0 Å². The third-order valence-corrected chi connectivity index (χ3v) is 19.6. The highest BCUT2D eigenvalue weighted by atomic mass is 31.2. The molecule has 3 N–H and O–H groups in total. The van der Waals surface area contributed by atoms with Crippen molar-refractivity contribution in [2.75, 3.05) is 39.6 Å². The number of phosphoric acid groups is 2. The van der Waals surface area contributed by atoms with Gasteiger partial charge >= 0.3 is 39.5 Å². The summed E-state index contributed by atoms with van der Waals surface area (Å²) in [5.41, 5.74) is 0. The summed E-state index contributed by atoms with van der Waals surface area (Å²) in [6.07, 6.45) is 77.2. The van der Waals surface area contributed by atoms with Gasteiger partial charge < -0.3 is 33.8 Å². The molecule has 594 valence electrons. The summed E-state index contributed by atoms with van der Waals surface area (Å²) in [6.45, 7) is 4.72. The molecule has 0 rings (SSSR count). The molecule has 0 bridgehead atoms. The molecule has 5 atom stereocenters. The van der Waals surface area contributed by atoms with Crippen molar-refractivity contribution in [1.29, 1.82) is 0 Å². The summed E-state index contributed by atoms with van der Waals surface area (Å²) in [5, 5.41) is 10.6. The zero-order valence-electron chi connectivity index (χ0n) is 65.0. The SMILES string of the molecule is CC/C=C\C/C=C\C/C=C\CCCCCCCCCC(=O)OCC(COP(=O)(O)OCC(O)COP(=O)(O)OCC(COC(=O)CCCCCCCCC/C=C\C/C=C\C/C=C\CC)OC(=O)CCCCCCCCCCCCCCCCC)OC(=O)CCCCCCCCCCCCCCC. The molecule has 0 spiro atoms. The van der Waals surface area contributed by atoms with Crippen molar-refractivity contribution >= 4 is 39.5 Å². The predicted molar refractivity (Wildman–Crippen MR) is 418 cm³/mol. The van der Waals surface area contributed by atoms with Gasteiger partial charge in [-0.1, -0.05) is 332 Å². The minimum Gasteiger partial charge on any atom is -0.462 e. The average molecular weight is 1480 g/mol. The van der Waals surface area contributed by atoms with E-state index in [1.165, 1.54) is 116 Å². The second kappa shape index (κ2) is 75.7. The number of unbranched alkanes of at least 4 members (excludes halogenated alkanes) is 40. The van der Waals surface area contributed by atoms with E-state index in [4.69, 9.17) is 37.0 Å². The molecule has 17 nitrogen and oxygen atoms in total. The second-order valence-electron chi connectivity index (χ2n) is 27.7. The Bertz CT molecular complexity index is 2210. The van der Waals surface area contributed by atoms with Crippen molar-refractivity contribution < 1.29 is 80.2 Å². The molecular weight excluding hydrogens is 1330 g/mol. The lowest BCUT2D eigenvalue weighted by Crippen LogP contribution is -2.30. The van der Waals surface area contributed by atoms with E-state index in [0.29, 0.717) is 25.7 Å². The van der Waals surface area contributed by atoms with Gasteiger partial charge in [0.1, 0.15) is 19.3 Å². The summed E-state index contributed by atoms with van der Waals surface area (Å²) in [5.74, 6) is -2.16. The molecule has 0 radical (unpaired) electrons. The molecule has 102 heavy (non-hydrogen) atoms. The van der Waals surface area contributed by atoms with Crippen LogP contribution >= 0.6 is 15.6 Å². The van der Waals surface area contributed by atoms with Crippen LogP contribution in [0.25, 0.3) is 0 Å². The highest BCUT2D eigenvalue weighted by molar-refractivity contribution is 7.47. The van der Waals surface area contributed by atoms with E-state index >= 15 is 0 Å². The van der Waals surface area contributed by atoms with Crippen molar-refractivity contribution in [1.82, 2.24) is 0 Å². The standard InChI is InChI=1S/C83H150O17P2/c1-5-9-13-17-21-25-29-33-36-38-41-44-47-51-55-59-63-67-80(85)93-73-78(99-82(87)69-65-61-57-53-49-43-32-28-24-20-16-12-8-4)75-97-101(89,90)95-71-77(84)72-96-102(91,92)98-76-79(100-83(88)70-66-62-58-54-50-46-40-35-31-27-23-19-15-11-7-3)74-94-81(86)68-64-60-56-52-48-45-42-39-37-34-30-26-22-18-14-10-6-2/h9-10,13-14,21-22,25-26,33-34,36-37,77-79,84H,5-8,11-12,15-20,23-24,27-32,35,38-76H2,1-4H3,(H,89,90)(H,91,92)/b13-9-,14-10-,25-21-,26-22-,36-33-,37-34-. The summed E-state index contributed by atoms with van der Waals surface area (Å²) in [6, 6.07) is 0. The quantitative estimate of drug-likeness (QED) is 0.0169. The minimum atomic E-state index is -4.97. The van der Waals surface area contributed by atoms with Gasteiger partial charge in [-0.05, 0) is 89.9 Å². The third kappa shape index (κ3) is 74.8. The lowest BCUT2D eigenvalue weighted by molar-refractivity contribution is -0.161. The first-order chi connectivity index (χ1) is 49.7. The highest BCUT2D eigenvalue weighted by Gasteiger charge is 2.30. The monoisotopic (exact) mass is 1480 g/mol. The highest BCUT2D eigenvalue weighted by Crippen LogP contribution is 2.45. The normalized spacial score (nSPS) is 14.2. The van der Waals surface area contributed by atoms with E-state index in [1.807, 2.05) is 0 Å². The average Bonchev–Trinajstić information content (AvgIpc) is 0.908. The fourth-order valence-corrected chi connectivity index (χ4v) is 13.1. The number of allylic oxidation sites excluding steroid dienone is 12. The van der Waals surface area contributed by atoms with Gasteiger partial charge in [-0.2, -0.15) is 0 Å². The van der Waals surface area contributed by atoms with E-state index in [2.05, 4.69) is 101 Å². The van der Waals surface area contributed by atoms with Crippen LogP contribution in [-0.2, 0) is 65.4 Å². The van der Waals surface area contributed by atoms with Gasteiger partial charge in [0, 0.05) is 25.7 Å². The second-order valence-corrected chi connectivity index (χ2v) is 30.6. The van der Waals surface area contributed by atoms with Crippen molar-refractivity contribution in [3.05, 3.63) is 72.9 Å². The molecule has 0 aromatic heterocycles. The van der Waals surface area contributed by atoms with Crippen molar-refractivity contribution in [3.63, 3.8) is 0 Å². The van der Waals surface area contributed by atoms with Crippen LogP contribution in [0.5, 0.6) is 0 Å². The van der Waals surface area contributed by atoms with Crippen LogP contribution in [0.2, 0.25) is 0 Å². The molecule has 0 heterocycles. The topological polar surface area (TPSA) is 237 Å². The van der Waals surface area contributed by atoms with Crippen LogP contribution in [-0.4, -0.2) is 96.7 Å². The van der Waals surface area contributed by atoms with Crippen LogP contribution in [0, 0.1) is 0 Å². The lowest BCUT2D eigenvalue weighted by atomic mass is 10.0. The van der Waals surface area contributed by atoms with E-state index in [1.54, 1.807) is 0 Å². The first kappa shape index (κ1) is 98.5. The number of rotatable bonds is 78. The zero-order chi connectivity index (χ0) is 74.6. The number of ether oxygens (including phenoxy) is 4. The zero-order valence-corrected chi connectivity index (χ0v) is 66.8. The fourth-order valence-electron chi connectivity index (χ4n) is 11.5. The molecule has 0 saturated heterocycles. The molecule has 5 unspecified atom stereocenters. The molecule has 0 amide bonds. The Balaban J connectivity index is 5.32. The Morgan fingerprint density at radius 3 is 0.784 bits per heavy atom. The number of phosphoric ester groups is 2. The van der Waals surface area contributed by atoms with E-state index in [0.717, 1.165) is 180 Å². The summed E-state index contributed by atoms with van der Waals surface area (Å²) < 4.78 is 68.7. The van der Waals surface area contributed by atoms with Crippen LogP contribution in [0.15, 0.2) is 72.9 Å². The summed E-state index contributed by atoms with van der Waals surface area (Å²) in [4.78, 5) is 73.1. The smallest absolute Gasteiger partial charge is 0.462 e. The number of carbonyl (C=O) groups excluding carboxylic acids is 4. The van der Waals surface area contributed by atoms with Crippen molar-refractivity contribution in [3.8, 4) is 0 Å². The summed E-state index contributed by atoms with van der Waals surface area (Å²) >= 11 is 0. The van der Waals surface area contributed by atoms with Crippen molar-refractivity contribution in [2.24, 2.45) is 0 Å². The van der Waals surface area contributed by atoms with Gasteiger partial charge in [0.15, 0.2) is 12.2 Å². The first-order valence-electron chi connectivity index (χ1n) is 41.2. The Morgan fingerprint density at radius 2 is 0.510 bits per heavy atom. The van der Waals surface area contributed by atoms with Gasteiger partial charge in [-0.25, -0.2) is 9.13 Å². The van der Waals surface area contributed by atoms with E-state index < -0.39 is 97.5 Å². The number of aliphatic hydroxyl groups is 1. The van der Waals surface area contributed by atoms with Crippen molar-refractivity contribution in [2.45, 2.75) is 393 Å². The van der Waals surface area contributed by atoms with E-state index in [9.17, 15) is 43.2 Å². The fraction of sp³-hybridized carbons (Fsp3) is 0.807. The van der Waals surface area contributed by atoms with Gasteiger partial charge in [0.05, 0.1) is 26.4 Å². The first-order valence-corrected chi connectivity index (χ1v) is 44.2. The molecule has 0 aliphatic rings. The predicted octanol–water partition coefficient (Wildman–Crippen LogP) is 24.0. The number of esters is 4. The number of hydrogen-bond donors (Lipinski definition) is 3. The van der Waals surface area contributed by atoms with Crippen LogP contribution in [0.4, 0.5) is 0 Å². The van der Waals surface area contributed by atoms with Gasteiger partial charge in [0.25, 0.3) is 0 Å². The molecule has 19 heteroatoms. The van der Waals surface area contributed by atoms with Crippen LogP contribution in [0.3, 0.4) is 0 Å². The molecule has 0 saturated carbocycles. The van der Waals surface area contributed by atoms with Gasteiger partial charge in [0.2, 0.25) is 0 Å². The molecule has 0 aromatic rings. The molecule has 0 fully saturated rings. The summed E-state index contributed by atoms with van der Waals surface area (Å²) in [7, 11) is -9.95. The maximum atomic E-state index is 13.1. The maximum Gasteiger partial charge on any atom is 0.472 e. The molecule has 0 aliphatic carbocycles. The number of carbonyl (C=O) groups is 4. The molecule has 0 aliphatic heterocycles. The minimum absolute atomic E-state index is 0.0986. The van der Waals surface area contributed by atoms with Gasteiger partial charge in [-0.3, -0.25) is 37.3 Å². The third-order valence-electron chi connectivity index (χ3n) is 17.7. The number of hydrogen-bond acceptors (Lipinski definition) is 15. The Morgan fingerprint density at radius 1 is 0.284 bits per heavy atom. The Hall–Kier alpha value is -3.50. The Labute approximate surface area is 622 Å². The molecular formula is C83H150O17P2. The van der Waals surface area contributed by atoms with Gasteiger partial charge in [-0.15, -0.1) is 0 Å². The van der Waals surface area contributed by atoms with E-state index in [-0.39, 0.29) is 25.7 Å².